The summed E-state index contributed by atoms with van der Waals surface area (Å²) >= 11 is 2.05. The number of aromatic amines is 1. The standard InChI is InChI=1S/C14H7IN2O3/c15-7-4-9-10(12-11(7)13(19)17-14(12)20)6-3-5(18)1-2-8(6)16-9/h1-4,16,18H,(H,17,19,20). The van der Waals surface area contributed by atoms with Crippen LogP contribution in [0, 0.1) is 3.57 Å². The molecule has 0 fully saturated rings. The lowest BCUT2D eigenvalue weighted by Crippen LogP contribution is -2.20. The highest BCUT2D eigenvalue weighted by Gasteiger charge is 2.32. The molecule has 4 rings (SSSR count). The summed E-state index contributed by atoms with van der Waals surface area (Å²) in [5.74, 6) is -0.640. The molecule has 20 heavy (non-hydrogen) atoms. The van der Waals surface area contributed by atoms with Gasteiger partial charge < -0.3 is 10.1 Å². The van der Waals surface area contributed by atoms with Gasteiger partial charge in [-0.1, -0.05) is 0 Å². The maximum absolute atomic E-state index is 12.1. The highest BCUT2D eigenvalue weighted by Crippen LogP contribution is 2.36. The van der Waals surface area contributed by atoms with E-state index in [-0.39, 0.29) is 11.7 Å². The number of H-pyrrole nitrogens is 1. The van der Waals surface area contributed by atoms with Crippen molar-refractivity contribution in [2.24, 2.45) is 0 Å². The lowest BCUT2D eigenvalue weighted by Gasteiger charge is -2.01. The summed E-state index contributed by atoms with van der Waals surface area (Å²) in [6.07, 6.45) is 0. The number of phenolic OH excluding ortho intramolecular Hbond substituents is 1. The second-order valence-corrected chi connectivity index (χ2v) is 5.83. The van der Waals surface area contributed by atoms with Crippen LogP contribution < -0.4 is 5.32 Å². The molecule has 2 heterocycles. The van der Waals surface area contributed by atoms with Gasteiger partial charge in [-0.2, -0.15) is 0 Å². The fourth-order valence-corrected chi connectivity index (χ4v) is 3.52. The Morgan fingerprint density at radius 2 is 1.75 bits per heavy atom. The third-order valence-electron chi connectivity index (χ3n) is 3.50. The van der Waals surface area contributed by atoms with E-state index in [0.717, 1.165) is 20.0 Å². The first-order chi connectivity index (χ1) is 9.56. The van der Waals surface area contributed by atoms with E-state index in [1.165, 1.54) is 0 Å². The van der Waals surface area contributed by atoms with Crippen LogP contribution in [0.15, 0.2) is 24.3 Å². The van der Waals surface area contributed by atoms with Gasteiger partial charge in [0.1, 0.15) is 5.75 Å². The minimum absolute atomic E-state index is 0.121. The van der Waals surface area contributed by atoms with Crippen molar-refractivity contribution in [1.29, 1.82) is 0 Å². The molecule has 3 aromatic rings. The first-order valence-electron chi connectivity index (χ1n) is 5.89. The summed E-state index contributed by atoms with van der Waals surface area (Å²) in [5, 5.41) is 13.4. The second-order valence-electron chi connectivity index (χ2n) is 4.67. The van der Waals surface area contributed by atoms with Gasteiger partial charge in [0.2, 0.25) is 0 Å². The monoisotopic (exact) mass is 378 g/mol. The van der Waals surface area contributed by atoms with Crippen molar-refractivity contribution < 1.29 is 14.7 Å². The molecule has 0 aliphatic carbocycles. The van der Waals surface area contributed by atoms with Crippen molar-refractivity contribution in [3.8, 4) is 5.75 Å². The molecule has 0 bridgehead atoms. The van der Waals surface area contributed by atoms with Crippen LogP contribution in [0.4, 0.5) is 0 Å². The minimum Gasteiger partial charge on any atom is -0.508 e. The summed E-state index contributed by atoms with van der Waals surface area (Å²) in [7, 11) is 0. The molecule has 98 valence electrons. The summed E-state index contributed by atoms with van der Waals surface area (Å²) in [4.78, 5) is 27.1. The number of hydrogen-bond donors (Lipinski definition) is 3. The molecular formula is C14H7IN2O3. The summed E-state index contributed by atoms with van der Waals surface area (Å²) in [6.45, 7) is 0. The Labute approximate surface area is 126 Å². The van der Waals surface area contributed by atoms with Crippen molar-refractivity contribution in [1.82, 2.24) is 10.3 Å². The molecule has 5 nitrogen and oxygen atoms in total. The van der Waals surface area contributed by atoms with Crippen LogP contribution in [0.25, 0.3) is 21.8 Å². The number of rotatable bonds is 0. The number of amides is 2. The van der Waals surface area contributed by atoms with E-state index in [1.54, 1.807) is 18.2 Å². The van der Waals surface area contributed by atoms with Crippen molar-refractivity contribution in [3.63, 3.8) is 0 Å². The van der Waals surface area contributed by atoms with E-state index < -0.39 is 5.91 Å². The Bertz CT molecular complexity index is 943. The third kappa shape index (κ3) is 1.36. The molecule has 2 aromatic carbocycles. The SMILES string of the molecule is O=C1NC(=O)c2c1c(I)cc1[nH]c3ccc(O)cc3c21. The van der Waals surface area contributed by atoms with Crippen LogP contribution in [-0.4, -0.2) is 21.9 Å². The van der Waals surface area contributed by atoms with Gasteiger partial charge in [0.25, 0.3) is 11.8 Å². The van der Waals surface area contributed by atoms with Crippen LogP contribution >= 0.6 is 22.6 Å². The fraction of sp³-hybridized carbons (Fsp3) is 0. The average molecular weight is 378 g/mol. The number of carbonyl (C=O) groups is 2. The zero-order valence-electron chi connectivity index (χ0n) is 9.95. The van der Waals surface area contributed by atoms with Crippen LogP contribution in [-0.2, 0) is 0 Å². The molecular weight excluding hydrogens is 371 g/mol. The molecule has 6 heteroatoms. The van der Waals surface area contributed by atoms with Crippen molar-refractivity contribution >= 4 is 56.2 Å². The number of benzene rings is 2. The Morgan fingerprint density at radius 1 is 1.00 bits per heavy atom. The van der Waals surface area contributed by atoms with Gasteiger partial charge in [0, 0.05) is 25.4 Å². The smallest absolute Gasteiger partial charge is 0.260 e. The second kappa shape index (κ2) is 3.72. The number of aromatic hydroxyl groups is 1. The number of imide groups is 1. The first-order valence-corrected chi connectivity index (χ1v) is 6.96. The van der Waals surface area contributed by atoms with Crippen LogP contribution in [0.2, 0.25) is 0 Å². The quantitative estimate of drug-likeness (QED) is 0.415. The normalized spacial score (nSPS) is 14.1. The van der Waals surface area contributed by atoms with Gasteiger partial charge in [-0.15, -0.1) is 0 Å². The van der Waals surface area contributed by atoms with Gasteiger partial charge in [0.05, 0.1) is 11.1 Å². The summed E-state index contributed by atoms with van der Waals surface area (Å²) < 4.78 is 0.726. The third-order valence-corrected chi connectivity index (χ3v) is 4.35. The Hall–Kier alpha value is -2.09. The van der Waals surface area contributed by atoms with Gasteiger partial charge in [-0.3, -0.25) is 14.9 Å². The van der Waals surface area contributed by atoms with E-state index in [9.17, 15) is 14.7 Å². The topological polar surface area (TPSA) is 82.2 Å². The van der Waals surface area contributed by atoms with E-state index >= 15 is 0 Å². The predicted molar refractivity (Wildman–Crippen MR) is 82.0 cm³/mol. The Balaban J connectivity index is 2.30. The molecule has 1 aromatic heterocycles. The number of aromatic nitrogens is 1. The predicted octanol–water partition coefficient (Wildman–Crippen LogP) is 2.51. The summed E-state index contributed by atoms with van der Waals surface area (Å²) in [5.41, 5.74) is 2.38. The van der Waals surface area contributed by atoms with Crippen molar-refractivity contribution in [2.45, 2.75) is 0 Å². The largest absolute Gasteiger partial charge is 0.508 e. The van der Waals surface area contributed by atoms with Crippen molar-refractivity contribution in [3.05, 3.63) is 39.0 Å². The van der Waals surface area contributed by atoms with E-state index in [1.807, 2.05) is 28.7 Å². The van der Waals surface area contributed by atoms with Crippen molar-refractivity contribution in [2.75, 3.05) is 0 Å². The maximum Gasteiger partial charge on any atom is 0.260 e. The van der Waals surface area contributed by atoms with Gasteiger partial charge in [-0.25, -0.2) is 0 Å². The minimum atomic E-state index is -0.391. The lowest BCUT2D eigenvalue weighted by atomic mass is 10.0. The number of nitrogens with one attached hydrogen (secondary N) is 2. The van der Waals surface area contributed by atoms with Crippen LogP contribution in [0.1, 0.15) is 20.7 Å². The molecule has 0 atom stereocenters. The van der Waals surface area contributed by atoms with E-state index in [0.29, 0.717) is 16.5 Å². The molecule has 3 N–H and O–H groups in total. The Morgan fingerprint density at radius 3 is 2.55 bits per heavy atom. The molecule has 0 saturated heterocycles. The molecule has 0 unspecified atom stereocenters. The number of halogens is 1. The molecule has 1 aliphatic heterocycles. The Kier molecular flexibility index (Phi) is 2.18. The zero-order valence-corrected chi connectivity index (χ0v) is 12.1. The molecule has 1 aliphatic rings. The molecule has 0 saturated carbocycles. The first kappa shape index (κ1) is 11.7. The van der Waals surface area contributed by atoms with E-state index in [2.05, 4.69) is 10.3 Å². The molecule has 2 amide bonds. The summed E-state index contributed by atoms with van der Waals surface area (Å²) in [6, 6.07) is 6.76. The highest BCUT2D eigenvalue weighted by molar-refractivity contribution is 14.1. The number of fused-ring (bicyclic) bond motifs is 5. The van der Waals surface area contributed by atoms with Gasteiger partial charge in [-0.05, 0) is 46.9 Å². The molecule has 0 radical (unpaired) electrons. The number of phenols is 1. The van der Waals surface area contributed by atoms with E-state index in [4.69, 9.17) is 0 Å². The van der Waals surface area contributed by atoms with Gasteiger partial charge in [0.15, 0.2) is 0 Å². The lowest BCUT2D eigenvalue weighted by molar-refractivity contribution is 0.0880. The van der Waals surface area contributed by atoms with Crippen LogP contribution in [0.3, 0.4) is 0 Å². The zero-order chi connectivity index (χ0) is 14.0. The molecule has 0 spiro atoms. The average Bonchev–Trinajstić information content (AvgIpc) is 2.87. The highest BCUT2D eigenvalue weighted by atomic mass is 127. The number of hydrogen-bond acceptors (Lipinski definition) is 3. The number of carbonyl (C=O) groups excluding carboxylic acids is 2. The maximum atomic E-state index is 12.1. The van der Waals surface area contributed by atoms with Crippen LogP contribution in [0.5, 0.6) is 5.75 Å². The van der Waals surface area contributed by atoms with Gasteiger partial charge >= 0.3 is 0 Å². The fourth-order valence-electron chi connectivity index (χ4n) is 2.70.